The van der Waals surface area contributed by atoms with Crippen LogP contribution in [0, 0.1) is 0 Å². The number of fused-ring (bicyclic) bond motifs is 1. The van der Waals surface area contributed by atoms with E-state index in [0.29, 0.717) is 0 Å². The number of aliphatic imine (C=N–C) groups is 1. The highest BCUT2D eigenvalue weighted by Gasteiger charge is 2.11. The van der Waals surface area contributed by atoms with Gasteiger partial charge in [-0.15, -0.1) is 0 Å². The Bertz CT molecular complexity index is 863. The molecule has 1 aliphatic heterocycles. The number of guanidine groups is 1. The van der Waals surface area contributed by atoms with Crippen molar-refractivity contribution in [3.8, 4) is 0 Å². The second kappa shape index (κ2) is 6.35. The Morgan fingerprint density at radius 3 is 2.62 bits per heavy atom. The fourth-order valence-electron chi connectivity index (χ4n) is 3.00. The van der Waals surface area contributed by atoms with E-state index in [0.717, 1.165) is 37.7 Å². The number of hydrogen-bond acceptors (Lipinski definition) is 4. The molecule has 0 spiro atoms. The first kappa shape index (κ1) is 14.8. The van der Waals surface area contributed by atoms with Crippen LogP contribution < -0.4 is 5.32 Å². The SMILES string of the molecule is CN1CCN=C1NCc1ccc(Cn2cnc3ccccc32)cc1. The normalized spacial score (nSPS) is 14.2. The van der Waals surface area contributed by atoms with E-state index >= 15 is 0 Å². The van der Waals surface area contributed by atoms with E-state index in [9.17, 15) is 0 Å². The van der Waals surface area contributed by atoms with Gasteiger partial charge in [0, 0.05) is 26.7 Å². The predicted octanol–water partition coefficient (Wildman–Crippen LogP) is 2.48. The van der Waals surface area contributed by atoms with Crippen LogP contribution in [-0.2, 0) is 13.1 Å². The molecule has 1 N–H and O–H groups in total. The Morgan fingerprint density at radius 1 is 1.04 bits per heavy atom. The molecule has 0 amide bonds. The Morgan fingerprint density at radius 2 is 1.83 bits per heavy atom. The lowest BCUT2D eigenvalue weighted by molar-refractivity contribution is 0.534. The monoisotopic (exact) mass is 319 g/mol. The van der Waals surface area contributed by atoms with Crippen LogP contribution in [0.4, 0.5) is 0 Å². The molecule has 0 bridgehead atoms. The molecule has 0 saturated heterocycles. The van der Waals surface area contributed by atoms with Crippen molar-refractivity contribution in [2.24, 2.45) is 4.99 Å². The standard InChI is InChI=1S/C19H21N5/c1-23-11-10-20-19(23)21-12-15-6-8-16(9-7-15)13-24-14-22-17-4-2-3-5-18(17)24/h2-9,14H,10-13H2,1H3,(H,20,21). The van der Waals surface area contributed by atoms with E-state index in [1.807, 2.05) is 18.5 Å². The van der Waals surface area contributed by atoms with Crippen LogP contribution in [0.2, 0.25) is 0 Å². The number of benzene rings is 2. The third-order valence-electron chi connectivity index (χ3n) is 4.41. The molecule has 5 heteroatoms. The number of nitrogens with zero attached hydrogens (tertiary/aromatic N) is 4. The zero-order valence-corrected chi connectivity index (χ0v) is 13.8. The Kier molecular flexibility index (Phi) is 3.91. The van der Waals surface area contributed by atoms with Crippen molar-refractivity contribution in [1.29, 1.82) is 0 Å². The first-order valence-electron chi connectivity index (χ1n) is 8.27. The molecule has 0 saturated carbocycles. The van der Waals surface area contributed by atoms with Crippen molar-refractivity contribution < 1.29 is 0 Å². The van der Waals surface area contributed by atoms with E-state index in [1.165, 1.54) is 16.6 Å². The fourth-order valence-corrected chi connectivity index (χ4v) is 3.00. The summed E-state index contributed by atoms with van der Waals surface area (Å²) in [5, 5.41) is 3.40. The van der Waals surface area contributed by atoms with Gasteiger partial charge < -0.3 is 14.8 Å². The maximum absolute atomic E-state index is 4.45. The highest BCUT2D eigenvalue weighted by molar-refractivity contribution is 5.81. The summed E-state index contributed by atoms with van der Waals surface area (Å²) in [5.74, 6) is 0.990. The number of hydrogen-bond donors (Lipinski definition) is 1. The Balaban J connectivity index is 1.42. The molecule has 0 fully saturated rings. The van der Waals surface area contributed by atoms with Crippen molar-refractivity contribution in [2.45, 2.75) is 13.1 Å². The molecule has 0 aliphatic carbocycles. The number of nitrogens with one attached hydrogen (secondary N) is 1. The van der Waals surface area contributed by atoms with Crippen LogP contribution in [0.1, 0.15) is 11.1 Å². The summed E-state index contributed by atoms with van der Waals surface area (Å²) in [5.41, 5.74) is 4.75. The average Bonchev–Trinajstić information content (AvgIpc) is 3.21. The Labute approximate surface area is 141 Å². The van der Waals surface area contributed by atoms with Gasteiger partial charge in [0.25, 0.3) is 0 Å². The highest BCUT2D eigenvalue weighted by Crippen LogP contribution is 2.14. The summed E-state index contributed by atoms with van der Waals surface area (Å²) in [7, 11) is 2.07. The average molecular weight is 319 g/mol. The molecule has 2 heterocycles. The zero-order valence-electron chi connectivity index (χ0n) is 13.8. The molecule has 1 aliphatic rings. The van der Waals surface area contributed by atoms with E-state index in [-0.39, 0.29) is 0 Å². The van der Waals surface area contributed by atoms with Crippen molar-refractivity contribution in [2.75, 3.05) is 20.1 Å². The summed E-state index contributed by atoms with van der Waals surface area (Å²) in [4.78, 5) is 11.0. The van der Waals surface area contributed by atoms with Gasteiger partial charge in [0.1, 0.15) is 0 Å². The number of para-hydroxylation sites is 2. The van der Waals surface area contributed by atoms with Gasteiger partial charge in [0.2, 0.25) is 0 Å². The van der Waals surface area contributed by atoms with Gasteiger partial charge in [0.05, 0.1) is 23.9 Å². The van der Waals surface area contributed by atoms with Gasteiger partial charge in [0.15, 0.2) is 5.96 Å². The first-order chi connectivity index (χ1) is 11.8. The molecule has 0 radical (unpaired) electrons. The second-order valence-corrected chi connectivity index (χ2v) is 6.16. The maximum atomic E-state index is 4.45. The first-order valence-corrected chi connectivity index (χ1v) is 8.27. The number of likely N-dealkylation sites (N-methyl/N-ethyl adjacent to an activating group) is 1. The maximum Gasteiger partial charge on any atom is 0.194 e. The summed E-state index contributed by atoms with van der Waals surface area (Å²) < 4.78 is 2.19. The summed E-state index contributed by atoms with van der Waals surface area (Å²) >= 11 is 0. The largest absolute Gasteiger partial charge is 0.352 e. The van der Waals surface area contributed by atoms with Crippen molar-refractivity contribution >= 4 is 17.0 Å². The van der Waals surface area contributed by atoms with Crippen LogP contribution in [-0.4, -0.2) is 40.5 Å². The lowest BCUT2D eigenvalue weighted by Crippen LogP contribution is -2.35. The summed E-state index contributed by atoms with van der Waals surface area (Å²) in [6.07, 6.45) is 1.91. The van der Waals surface area contributed by atoms with Gasteiger partial charge in [-0.05, 0) is 23.3 Å². The quantitative estimate of drug-likeness (QED) is 0.803. The predicted molar refractivity (Wildman–Crippen MR) is 97.0 cm³/mol. The van der Waals surface area contributed by atoms with Crippen LogP contribution >= 0.6 is 0 Å². The lowest BCUT2D eigenvalue weighted by Gasteiger charge is -2.15. The molecule has 3 aromatic rings. The third kappa shape index (κ3) is 2.97. The van der Waals surface area contributed by atoms with E-state index < -0.39 is 0 Å². The van der Waals surface area contributed by atoms with Crippen molar-refractivity contribution in [3.63, 3.8) is 0 Å². The van der Waals surface area contributed by atoms with Crippen LogP contribution in [0.15, 0.2) is 59.9 Å². The molecule has 4 rings (SSSR count). The van der Waals surface area contributed by atoms with Crippen LogP contribution in [0.25, 0.3) is 11.0 Å². The molecule has 2 aromatic carbocycles. The summed E-state index contributed by atoms with van der Waals surface area (Å²) in [6.45, 7) is 3.53. The molecule has 24 heavy (non-hydrogen) atoms. The van der Waals surface area contributed by atoms with E-state index in [1.54, 1.807) is 0 Å². The zero-order chi connectivity index (χ0) is 16.4. The van der Waals surface area contributed by atoms with Crippen molar-refractivity contribution in [1.82, 2.24) is 19.8 Å². The van der Waals surface area contributed by atoms with Gasteiger partial charge >= 0.3 is 0 Å². The van der Waals surface area contributed by atoms with Gasteiger partial charge in [-0.1, -0.05) is 36.4 Å². The molecule has 1 aromatic heterocycles. The third-order valence-corrected chi connectivity index (χ3v) is 4.41. The smallest absolute Gasteiger partial charge is 0.194 e. The Hall–Kier alpha value is -2.82. The molecular formula is C19H21N5. The molecule has 0 atom stereocenters. The van der Waals surface area contributed by atoms with Gasteiger partial charge in [-0.25, -0.2) is 4.98 Å². The van der Waals surface area contributed by atoms with Gasteiger partial charge in [-0.3, -0.25) is 4.99 Å². The van der Waals surface area contributed by atoms with Crippen molar-refractivity contribution in [3.05, 3.63) is 66.0 Å². The second-order valence-electron chi connectivity index (χ2n) is 6.16. The van der Waals surface area contributed by atoms with Crippen LogP contribution in [0.3, 0.4) is 0 Å². The molecule has 0 unspecified atom stereocenters. The summed E-state index contributed by atoms with van der Waals surface area (Å²) in [6, 6.07) is 17.0. The minimum Gasteiger partial charge on any atom is -0.352 e. The molecular weight excluding hydrogens is 298 g/mol. The van der Waals surface area contributed by atoms with Gasteiger partial charge in [-0.2, -0.15) is 0 Å². The number of imidazole rings is 1. The minimum absolute atomic E-state index is 0.803. The van der Waals surface area contributed by atoms with Crippen LogP contribution in [0.5, 0.6) is 0 Å². The topological polar surface area (TPSA) is 45.5 Å². The minimum atomic E-state index is 0.803. The fraction of sp³-hybridized carbons (Fsp3) is 0.263. The number of rotatable bonds is 4. The highest BCUT2D eigenvalue weighted by atomic mass is 15.3. The number of aromatic nitrogens is 2. The van der Waals surface area contributed by atoms with E-state index in [4.69, 9.17) is 0 Å². The molecule has 5 nitrogen and oxygen atoms in total. The molecule has 122 valence electrons. The lowest BCUT2D eigenvalue weighted by atomic mass is 10.1. The van der Waals surface area contributed by atoms with E-state index in [2.05, 4.69) is 68.2 Å².